The van der Waals surface area contributed by atoms with Crippen LogP contribution in [0.5, 0.6) is 5.75 Å². The van der Waals surface area contributed by atoms with Crippen LogP contribution in [0.2, 0.25) is 18.1 Å². The molecule has 0 spiro atoms. The average Bonchev–Trinajstić information content (AvgIpc) is 3.15. The SMILES string of the molecule is COc1ccc2c(c1)CC2(C#N)CCC(O[Si](C)(C)C(C)(C)C)c1ccoc1. The van der Waals surface area contributed by atoms with Crippen LogP contribution in [0.15, 0.2) is 41.2 Å². The average molecular weight is 398 g/mol. The maximum Gasteiger partial charge on any atom is 0.192 e. The van der Waals surface area contributed by atoms with Gasteiger partial charge in [-0.3, -0.25) is 0 Å². The molecule has 4 nitrogen and oxygen atoms in total. The van der Waals surface area contributed by atoms with Crippen LogP contribution in [-0.2, 0) is 16.3 Å². The highest BCUT2D eigenvalue weighted by molar-refractivity contribution is 6.74. The maximum absolute atomic E-state index is 9.98. The highest BCUT2D eigenvalue weighted by Gasteiger charge is 2.45. The van der Waals surface area contributed by atoms with Gasteiger partial charge in [0.05, 0.1) is 37.2 Å². The van der Waals surface area contributed by atoms with Crippen molar-refractivity contribution >= 4 is 8.32 Å². The van der Waals surface area contributed by atoms with Crippen molar-refractivity contribution in [2.75, 3.05) is 7.11 Å². The number of methoxy groups -OCH3 is 1. The molecule has 2 unspecified atom stereocenters. The molecule has 1 aliphatic rings. The number of fused-ring (bicyclic) bond motifs is 1. The molecule has 2 aromatic rings. The summed E-state index contributed by atoms with van der Waals surface area (Å²) in [7, 11) is -0.276. The number of furan rings is 1. The van der Waals surface area contributed by atoms with Crippen molar-refractivity contribution in [3.63, 3.8) is 0 Å². The summed E-state index contributed by atoms with van der Waals surface area (Å²) in [6, 6.07) is 10.6. The quantitative estimate of drug-likeness (QED) is 0.526. The van der Waals surface area contributed by atoms with Crippen LogP contribution in [0.3, 0.4) is 0 Å². The van der Waals surface area contributed by atoms with Gasteiger partial charge in [0.2, 0.25) is 0 Å². The summed E-state index contributed by atoms with van der Waals surface area (Å²) in [4.78, 5) is 0. The van der Waals surface area contributed by atoms with E-state index >= 15 is 0 Å². The van der Waals surface area contributed by atoms with Crippen molar-refractivity contribution in [3.05, 3.63) is 53.5 Å². The van der Waals surface area contributed by atoms with Gasteiger partial charge >= 0.3 is 0 Å². The molecule has 0 aliphatic heterocycles. The van der Waals surface area contributed by atoms with Crippen LogP contribution in [0.4, 0.5) is 0 Å². The summed E-state index contributed by atoms with van der Waals surface area (Å²) in [6.07, 6.45) is 5.76. The van der Waals surface area contributed by atoms with E-state index in [1.54, 1.807) is 19.6 Å². The molecule has 2 atom stereocenters. The van der Waals surface area contributed by atoms with Gasteiger partial charge in [0.25, 0.3) is 0 Å². The molecule has 0 amide bonds. The van der Waals surface area contributed by atoms with Crippen molar-refractivity contribution in [2.24, 2.45) is 0 Å². The lowest BCUT2D eigenvalue weighted by atomic mass is 9.62. The van der Waals surface area contributed by atoms with Crippen LogP contribution in [0, 0.1) is 11.3 Å². The van der Waals surface area contributed by atoms with E-state index in [0.29, 0.717) is 0 Å². The Balaban J connectivity index is 1.79. The van der Waals surface area contributed by atoms with Gasteiger partial charge in [0.15, 0.2) is 8.32 Å². The van der Waals surface area contributed by atoms with E-state index in [2.05, 4.69) is 39.9 Å². The van der Waals surface area contributed by atoms with Crippen molar-refractivity contribution in [3.8, 4) is 11.8 Å². The summed E-state index contributed by atoms with van der Waals surface area (Å²) < 4.78 is 17.4. The van der Waals surface area contributed by atoms with Crippen LogP contribution in [0.25, 0.3) is 0 Å². The molecular formula is C23H31NO3Si. The summed E-state index contributed by atoms with van der Waals surface area (Å²) in [6.45, 7) is 11.3. The normalized spacial score (nSPS) is 20.0. The first-order valence-corrected chi connectivity index (χ1v) is 12.8. The third-order valence-electron chi connectivity index (χ3n) is 6.53. The van der Waals surface area contributed by atoms with Crippen molar-refractivity contribution in [1.82, 2.24) is 0 Å². The van der Waals surface area contributed by atoms with E-state index in [4.69, 9.17) is 13.6 Å². The Hall–Kier alpha value is -2.03. The Morgan fingerprint density at radius 2 is 2.04 bits per heavy atom. The Bertz CT molecular complexity index is 861. The number of nitrogens with zero attached hydrogens (tertiary/aromatic N) is 1. The molecule has 1 heterocycles. The molecule has 1 aromatic carbocycles. The van der Waals surface area contributed by atoms with E-state index in [9.17, 15) is 5.26 Å². The summed E-state index contributed by atoms with van der Waals surface area (Å²) in [5.74, 6) is 0.850. The molecule has 1 aromatic heterocycles. The van der Waals surface area contributed by atoms with Gasteiger partial charge in [-0.25, -0.2) is 0 Å². The van der Waals surface area contributed by atoms with Gasteiger partial charge < -0.3 is 13.6 Å². The molecule has 0 N–H and O–H groups in total. The predicted molar refractivity (Wildman–Crippen MR) is 113 cm³/mol. The van der Waals surface area contributed by atoms with Crippen LogP contribution >= 0.6 is 0 Å². The second-order valence-corrected chi connectivity index (χ2v) is 14.1. The first-order valence-electron chi connectivity index (χ1n) is 9.90. The molecule has 0 bridgehead atoms. The zero-order valence-corrected chi connectivity index (χ0v) is 18.8. The summed E-state index contributed by atoms with van der Waals surface area (Å²) in [5, 5.41) is 10.1. The predicted octanol–water partition coefficient (Wildman–Crippen LogP) is 6.15. The zero-order chi connectivity index (χ0) is 20.6. The van der Waals surface area contributed by atoms with Crippen LogP contribution in [0.1, 0.15) is 56.4 Å². The fourth-order valence-electron chi connectivity index (χ4n) is 3.66. The minimum atomic E-state index is -1.95. The lowest BCUT2D eigenvalue weighted by Crippen LogP contribution is -2.42. The second kappa shape index (κ2) is 7.42. The van der Waals surface area contributed by atoms with Crippen LogP contribution in [-0.4, -0.2) is 15.4 Å². The molecule has 1 aliphatic carbocycles. The minimum absolute atomic E-state index is 0.0489. The number of nitriles is 1. The number of benzene rings is 1. The van der Waals surface area contributed by atoms with Gasteiger partial charge in [0, 0.05) is 5.56 Å². The standard InChI is InChI=1S/C23H31NO3Si/c1-22(2,3)28(5,6)27-21(17-10-12-26-15-17)9-11-23(16-24)14-18-13-19(25-4)7-8-20(18)23/h7-8,10,12-13,15,21H,9,11,14H2,1-6H3. The first kappa shape index (κ1) is 20.7. The van der Waals surface area contributed by atoms with Gasteiger partial charge in [-0.15, -0.1) is 0 Å². The van der Waals surface area contributed by atoms with E-state index in [-0.39, 0.29) is 11.1 Å². The van der Waals surface area contributed by atoms with Crippen LogP contribution < -0.4 is 4.74 Å². The Morgan fingerprint density at radius 3 is 2.57 bits per heavy atom. The minimum Gasteiger partial charge on any atom is -0.497 e. The largest absolute Gasteiger partial charge is 0.497 e. The second-order valence-electron chi connectivity index (χ2n) is 9.36. The maximum atomic E-state index is 9.98. The highest BCUT2D eigenvalue weighted by Crippen LogP contribution is 2.48. The molecule has 150 valence electrons. The smallest absolute Gasteiger partial charge is 0.192 e. The number of rotatable bonds is 7. The molecule has 0 saturated carbocycles. The molecule has 0 saturated heterocycles. The zero-order valence-electron chi connectivity index (χ0n) is 17.8. The molecule has 5 heteroatoms. The Morgan fingerprint density at radius 1 is 1.29 bits per heavy atom. The van der Waals surface area contributed by atoms with E-state index < -0.39 is 13.7 Å². The monoisotopic (exact) mass is 397 g/mol. The molecule has 0 fully saturated rings. The third kappa shape index (κ3) is 3.76. The van der Waals surface area contributed by atoms with Crippen molar-refractivity contribution in [2.45, 2.75) is 69.7 Å². The lowest BCUT2D eigenvalue weighted by Gasteiger charge is -2.42. The molecule has 3 rings (SSSR count). The van der Waals surface area contributed by atoms with E-state index in [1.165, 1.54) is 5.56 Å². The fourth-order valence-corrected chi connectivity index (χ4v) is 4.98. The summed E-state index contributed by atoms with van der Waals surface area (Å²) in [5.41, 5.74) is 2.98. The van der Waals surface area contributed by atoms with E-state index in [0.717, 1.165) is 36.1 Å². The van der Waals surface area contributed by atoms with Gasteiger partial charge in [0.1, 0.15) is 5.75 Å². The molecule has 28 heavy (non-hydrogen) atoms. The van der Waals surface area contributed by atoms with E-state index in [1.807, 2.05) is 24.3 Å². The first-order chi connectivity index (χ1) is 13.1. The topological polar surface area (TPSA) is 55.4 Å². The summed E-state index contributed by atoms with van der Waals surface area (Å²) >= 11 is 0. The number of hydrogen-bond donors (Lipinski definition) is 0. The number of ether oxygens (including phenoxy) is 1. The molecule has 0 radical (unpaired) electrons. The van der Waals surface area contributed by atoms with Gasteiger partial charge in [-0.2, -0.15) is 5.26 Å². The Kier molecular flexibility index (Phi) is 5.48. The number of hydrogen-bond acceptors (Lipinski definition) is 4. The van der Waals surface area contributed by atoms with Gasteiger partial charge in [-0.05, 0) is 66.7 Å². The third-order valence-corrected chi connectivity index (χ3v) is 11.0. The fraction of sp³-hybridized carbons (Fsp3) is 0.522. The van der Waals surface area contributed by atoms with Gasteiger partial charge in [-0.1, -0.05) is 26.8 Å². The lowest BCUT2D eigenvalue weighted by molar-refractivity contribution is 0.160. The Labute approximate surface area is 169 Å². The highest BCUT2D eigenvalue weighted by atomic mass is 28.4. The molecular weight excluding hydrogens is 366 g/mol. The van der Waals surface area contributed by atoms with Crippen molar-refractivity contribution in [1.29, 1.82) is 5.26 Å². The van der Waals surface area contributed by atoms with Crippen molar-refractivity contribution < 1.29 is 13.6 Å².